The summed E-state index contributed by atoms with van der Waals surface area (Å²) in [6.07, 6.45) is 0.976. The van der Waals surface area contributed by atoms with Gasteiger partial charge in [-0.1, -0.05) is 18.2 Å². The fourth-order valence-corrected chi connectivity index (χ4v) is 2.97. The molecule has 6 heteroatoms. The van der Waals surface area contributed by atoms with E-state index in [0.29, 0.717) is 12.5 Å². The van der Waals surface area contributed by atoms with Crippen LogP contribution in [0.2, 0.25) is 0 Å². The summed E-state index contributed by atoms with van der Waals surface area (Å²) in [6.45, 7) is 6.69. The largest absolute Gasteiger partial charge is 0.496 e. The first-order valence-corrected chi connectivity index (χ1v) is 9.78. The van der Waals surface area contributed by atoms with Gasteiger partial charge in [0.15, 0.2) is 0 Å². The van der Waals surface area contributed by atoms with Crippen LogP contribution in [0.1, 0.15) is 25.1 Å². The summed E-state index contributed by atoms with van der Waals surface area (Å²) in [6, 6.07) is 17.8. The molecule has 29 heavy (non-hydrogen) atoms. The first kappa shape index (κ1) is 20.5. The van der Waals surface area contributed by atoms with Crippen LogP contribution in [0, 0.1) is 6.92 Å². The lowest BCUT2D eigenvalue weighted by Gasteiger charge is -2.12. The smallest absolute Gasteiger partial charge is 0.224 e. The van der Waals surface area contributed by atoms with Crippen molar-refractivity contribution in [1.82, 2.24) is 9.97 Å². The van der Waals surface area contributed by atoms with E-state index < -0.39 is 0 Å². The second-order valence-electron chi connectivity index (χ2n) is 7.02. The van der Waals surface area contributed by atoms with Gasteiger partial charge in [0.25, 0.3) is 0 Å². The third kappa shape index (κ3) is 6.10. The SMILES string of the molecule is COc1ccccc1CCNc1nc(C)cc(Nc2ccc(OC(C)C)cc2)n1. The molecule has 152 valence electrons. The van der Waals surface area contributed by atoms with Crippen molar-refractivity contribution in [2.75, 3.05) is 24.3 Å². The molecule has 3 rings (SSSR count). The van der Waals surface area contributed by atoms with Crippen molar-refractivity contribution < 1.29 is 9.47 Å². The minimum Gasteiger partial charge on any atom is -0.496 e. The predicted molar refractivity (Wildman–Crippen MR) is 117 cm³/mol. The molecule has 0 aliphatic heterocycles. The molecule has 0 atom stereocenters. The van der Waals surface area contributed by atoms with Gasteiger partial charge in [-0.2, -0.15) is 4.98 Å². The zero-order chi connectivity index (χ0) is 20.6. The summed E-state index contributed by atoms with van der Waals surface area (Å²) in [5.74, 6) is 3.09. The Balaban J connectivity index is 1.62. The summed E-state index contributed by atoms with van der Waals surface area (Å²) in [4.78, 5) is 9.06. The molecule has 0 amide bonds. The second-order valence-corrected chi connectivity index (χ2v) is 7.02. The Morgan fingerprint density at radius 2 is 1.76 bits per heavy atom. The van der Waals surface area contributed by atoms with Gasteiger partial charge in [0.2, 0.25) is 5.95 Å². The third-order valence-corrected chi connectivity index (χ3v) is 4.22. The fraction of sp³-hybridized carbons (Fsp3) is 0.304. The number of aryl methyl sites for hydroxylation is 1. The van der Waals surface area contributed by atoms with Gasteiger partial charge < -0.3 is 20.1 Å². The molecular weight excluding hydrogens is 364 g/mol. The molecule has 0 radical (unpaired) electrons. The Kier molecular flexibility index (Phi) is 6.89. The van der Waals surface area contributed by atoms with E-state index in [1.54, 1.807) is 7.11 Å². The lowest BCUT2D eigenvalue weighted by molar-refractivity contribution is 0.242. The number of hydrogen-bond donors (Lipinski definition) is 2. The number of ether oxygens (including phenoxy) is 2. The Morgan fingerprint density at radius 1 is 1.00 bits per heavy atom. The van der Waals surface area contributed by atoms with E-state index in [0.717, 1.165) is 40.7 Å². The predicted octanol–water partition coefficient (Wildman–Crippen LogP) is 4.98. The zero-order valence-electron chi connectivity index (χ0n) is 17.4. The molecule has 0 bridgehead atoms. The molecule has 0 saturated heterocycles. The van der Waals surface area contributed by atoms with Crippen LogP contribution >= 0.6 is 0 Å². The lowest BCUT2D eigenvalue weighted by Crippen LogP contribution is -2.10. The van der Waals surface area contributed by atoms with Crippen LogP contribution in [0.15, 0.2) is 54.6 Å². The van der Waals surface area contributed by atoms with Gasteiger partial charge in [-0.05, 0) is 63.1 Å². The summed E-state index contributed by atoms with van der Waals surface area (Å²) in [7, 11) is 1.69. The number of rotatable bonds is 9. The maximum atomic E-state index is 5.68. The van der Waals surface area contributed by atoms with Gasteiger partial charge in [-0.15, -0.1) is 0 Å². The molecule has 0 fully saturated rings. The van der Waals surface area contributed by atoms with Crippen molar-refractivity contribution in [1.29, 1.82) is 0 Å². The van der Waals surface area contributed by atoms with Crippen LogP contribution in [0.4, 0.5) is 17.5 Å². The zero-order valence-corrected chi connectivity index (χ0v) is 17.4. The Bertz CT molecular complexity index is 926. The number of hydrogen-bond acceptors (Lipinski definition) is 6. The van der Waals surface area contributed by atoms with E-state index >= 15 is 0 Å². The number of nitrogens with zero attached hydrogens (tertiary/aromatic N) is 2. The monoisotopic (exact) mass is 392 g/mol. The number of methoxy groups -OCH3 is 1. The van der Waals surface area contributed by atoms with Gasteiger partial charge in [0, 0.05) is 24.0 Å². The van der Waals surface area contributed by atoms with Gasteiger partial charge in [0.05, 0.1) is 13.2 Å². The molecule has 3 aromatic rings. The number of anilines is 3. The third-order valence-electron chi connectivity index (χ3n) is 4.22. The molecule has 0 aliphatic carbocycles. The summed E-state index contributed by atoms with van der Waals surface area (Å²) in [5, 5.41) is 6.63. The Morgan fingerprint density at radius 3 is 2.48 bits per heavy atom. The van der Waals surface area contributed by atoms with Crippen LogP contribution in [0.3, 0.4) is 0 Å². The molecule has 0 spiro atoms. The second kappa shape index (κ2) is 9.78. The molecule has 1 heterocycles. The highest BCUT2D eigenvalue weighted by atomic mass is 16.5. The summed E-state index contributed by atoms with van der Waals surface area (Å²) < 4.78 is 11.1. The van der Waals surface area contributed by atoms with Gasteiger partial charge in [0.1, 0.15) is 17.3 Å². The van der Waals surface area contributed by atoms with Crippen molar-refractivity contribution in [3.63, 3.8) is 0 Å². The quantitative estimate of drug-likeness (QED) is 0.535. The highest BCUT2D eigenvalue weighted by molar-refractivity contribution is 5.58. The van der Waals surface area contributed by atoms with Crippen LogP contribution in [-0.2, 0) is 6.42 Å². The fourth-order valence-electron chi connectivity index (χ4n) is 2.97. The molecular formula is C23H28N4O2. The number of aromatic nitrogens is 2. The van der Waals surface area contributed by atoms with Gasteiger partial charge >= 0.3 is 0 Å². The average Bonchev–Trinajstić information content (AvgIpc) is 2.69. The molecule has 2 aromatic carbocycles. The summed E-state index contributed by atoms with van der Waals surface area (Å²) >= 11 is 0. The van der Waals surface area contributed by atoms with Gasteiger partial charge in [-0.25, -0.2) is 4.98 Å². The maximum Gasteiger partial charge on any atom is 0.224 e. The molecule has 6 nitrogen and oxygen atoms in total. The topological polar surface area (TPSA) is 68.3 Å². The number of benzene rings is 2. The highest BCUT2D eigenvalue weighted by Crippen LogP contribution is 2.21. The lowest BCUT2D eigenvalue weighted by atomic mass is 10.1. The summed E-state index contributed by atoms with van der Waals surface area (Å²) in [5.41, 5.74) is 2.98. The molecule has 0 saturated carbocycles. The maximum absolute atomic E-state index is 5.68. The number of nitrogens with one attached hydrogen (secondary N) is 2. The van der Waals surface area contributed by atoms with Crippen molar-refractivity contribution >= 4 is 17.5 Å². The average molecular weight is 393 g/mol. The first-order valence-electron chi connectivity index (χ1n) is 9.78. The first-order chi connectivity index (χ1) is 14.0. The van der Waals surface area contributed by atoms with Crippen LogP contribution in [0.5, 0.6) is 11.5 Å². The van der Waals surface area contributed by atoms with E-state index in [-0.39, 0.29) is 6.10 Å². The van der Waals surface area contributed by atoms with Crippen molar-refractivity contribution in [3.8, 4) is 11.5 Å². The van der Waals surface area contributed by atoms with Crippen LogP contribution in [0.25, 0.3) is 0 Å². The van der Waals surface area contributed by atoms with Crippen molar-refractivity contribution in [3.05, 3.63) is 65.9 Å². The van der Waals surface area contributed by atoms with Crippen LogP contribution < -0.4 is 20.1 Å². The Labute approximate surface area is 172 Å². The normalized spacial score (nSPS) is 10.7. The van der Waals surface area contributed by atoms with Crippen molar-refractivity contribution in [2.24, 2.45) is 0 Å². The minimum absolute atomic E-state index is 0.155. The molecule has 0 aliphatic rings. The molecule has 2 N–H and O–H groups in total. The van der Waals surface area contributed by atoms with Crippen LogP contribution in [-0.4, -0.2) is 29.7 Å². The minimum atomic E-state index is 0.155. The van der Waals surface area contributed by atoms with Gasteiger partial charge in [-0.3, -0.25) is 0 Å². The standard InChI is InChI=1S/C23H28N4O2/c1-16(2)29-20-11-9-19(10-12-20)26-22-15-17(3)25-23(27-22)24-14-13-18-7-5-6-8-21(18)28-4/h5-12,15-16H,13-14H2,1-4H3,(H2,24,25,26,27). The van der Waals surface area contributed by atoms with Crippen molar-refractivity contribution in [2.45, 2.75) is 33.3 Å². The Hall–Kier alpha value is -3.28. The van der Waals surface area contributed by atoms with E-state index in [2.05, 4.69) is 26.7 Å². The molecule has 0 unspecified atom stereocenters. The van der Waals surface area contributed by atoms with E-state index in [1.807, 2.05) is 69.3 Å². The van der Waals surface area contributed by atoms with E-state index in [1.165, 1.54) is 0 Å². The highest BCUT2D eigenvalue weighted by Gasteiger charge is 2.05. The van der Waals surface area contributed by atoms with E-state index in [4.69, 9.17) is 9.47 Å². The number of para-hydroxylation sites is 1. The molecule has 1 aromatic heterocycles. The van der Waals surface area contributed by atoms with E-state index in [9.17, 15) is 0 Å².